The molecule has 0 atom stereocenters. The molecule has 30 heavy (non-hydrogen) atoms. The largest absolute Gasteiger partial charge is 0.454 e. The standard InChI is InChI=1S/C22H16N2O5S/c25-20-9-15(16-6-12-2-1-3-13(12)7-18(16)28-20)10-30-22-24-23-21(29-22)14-4-5-17-19(8-14)27-11-26-17/h4-9H,1-3,10-11H2. The van der Waals surface area contributed by atoms with Gasteiger partial charge in [-0.05, 0) is 66.3 Å². The fourth-order valence-corrected chi connectivity index (χ4v) is 4.72. The molecular weight excluding hydrogens is 404 g/mol. The average Bonchev–Trinajstić information content (AvgIpc) is 3.49. The molecule has 2 aromatic carbocycles. The van der Waals surface area contributed by atoms with Crippen molar-refractivity contribution in [2.24, 2.45) is 0 Å². The molecule has 0 saturated heterocycles. The summed E-state index contributed by atoms with van der Waals surface area (Å²) in [5.41, 5.74) is 4.59. The van der Waals surface area contributed by atoms with Crippen molar-refractivity contribution in [3.05, 3.63) is 63.5 Å². The topological polar surface area (TPSA) is 87.6 Å². The molecule has 3 heterocycles. The lowest BCUT2D eigenvalue weighted by Crippen LogP contribution is -2.01. The van der Waals surface area contributed by atoms with Crippen molar-refractivity contribution in [1.29, 1.82) is 0 Å². The highest BCUT2D eigenvalue weighted by Crippen LogP contribution is 2.36. The van der Waals surface area contributed by atoms with Crippen LogP contribution in [0.15, 0.2) is 55.2 Å². The number of aryl methyl sites for hydroxylation is 2. The maximum Gasteiger partial charge on any atom is 0.336 e. The van der Waals surface area contributed by atoms with Gasteiger partial charge < -0.3 is 18.3 Å². The van der Waals surface area contributed by atoms with Gasteiger partial charge in [0.15, 0.2) is 11.5 Å². The van der Waals surface area contributed by atoms with Gasteiger partial charge in [-0.25, -0.2) is 4.79 Å². The van der Waals surface area contributed by atoms with E-state index in [1.54, 1.807) is 6.07 Å². The fraction of sp³-hybridized carbons (Fsp3) is 0.227. The molecule has 0 bridgehead atoms. The normalized spacial score (nSPS) is 14.4. The first-order valence-corrected chi connectivity index (χ1v) is 10.7. The van der Waals surface area contributed by atoms with Gasteiger partial charge in [0.1, 0.15) is 5.58 Å². The van der Waals surface area contributed by atoms with Crippen LogP contribution in [0.5, 0.6) is 11.5 Å². The summed E-state index contributed by atoms with van der Waals surface area (Å²) >= 11 is 1.39. The number of fused-ring (bicyclic) bond motifs is 3. The Kier molecular flexibility index (Phi) is 4.05. The van der Waals surface area contributed by atoms with Crippen molar-refractivity contribution in [2.75, 3.05) is 6.79 Å². The van der Waals surface area contributed by atoms with Gasteiger partial charge in [-0.1, -0.05) is 11.8 Å². The molecule has 4 aromatic rings. The molecule has 7 nitrogen and oxygen atoms in total. The first kappa shape index (κ1) is 17.6. The second-order valence-electron chi connectivity index (χ2n) is 7.29. The summed E-state index contributed by atoms with van der Waals surface area (Å²) in [7, 11) is 0. The Hall–Kier alpha value is -3.26. The molecule has 0 amide bonds. The molecule has 0 N–H and O–H groups in total. The van der Waals surface area contributed by atoms with Crippen LogP contribution in [0.4, 0.5) is 0 Å². The lowest BCUT2D eigenvalue weighted by Gasteiger charge is -2.07. The fourth-order valence-electron chi connectivity index (χ4n) is 3.97. The minimum absolute atomic E-state index is 0.214. The number of ether oxygens (including phenoxy) is 2. The van der Waals surface area contributed by atoms with Crippen molar-refractivity contribution in [2.45, 2.75) is 30.2 Å². The van der Waals surface area contributed by atoms with Gasteiger partial charge in [-0.3, -0.25) is 0 Å². The zero-order valence-electron chi connectivity index (χ0n) is 15.8. The molecule has 8 heteroatoms. The van der Waals surface area contributed by atoms with Crippen LogP contribution in [0.2, 0.25) is 0 Å². The second-order valence-corrected chi connectivity index (χ2v) is 8.22. The van der Waals surface area contributed by atoms with E-state index >= 15 is 0 Å². The number of nitrogens with zero attached hydrogens (tertiary/aromatic N) is 2. The summed E-state index contributed by atoms with van der Waals surface area (Å²) in [6, 6.07) is 11.2. The van der Waals surface area contributed by atoms with Crippen molar-refractivity contribution in [3.63, 3.8) is 0 Å². The SMILES string of the molecule is O=c1cc(CSc2nnc(-c3ccc4c(c3)OCO4)o2)c2cc3c(cc2o1)CCC3. The Morgan fingerprint density at radius 3 is 2.73 bits per heavy atom. The van der Waals surface area contributed by atoms with Crippen LogP contribution >= 0.6 is 11.8 Å². The Bertz CT molecular complexity index is 1340. The molecular formula is C22H16N2O5S. The number of hydrogen-bond acceptors (Lipinski definition) is 8. The van der Waals surface area contributed by atoms with E-state index in [-0.39, 0.29) is 12.4 Å². The van der Waals surface area contributed by atoms with Crippen LogP contribution in [-0.4, -0.2) is 17.0 Å². The van der Waals surface area contributed by atoms with Gasteiger partial charge in [-0.15, -0.1) is 10.2 Å². The van der Waals surface area contributed by atoms with Crippen LogP contribution in [0, 0.1) is 0 Å². The summed E-state index contributed by atoms with van der Waals surface area (Å²) in [6.07, 6.45) is 3.25. The first-order valence-electron chi connectivity index (χ1n) is 9.68. The smallest absolute Gasteiger partial charge is 0.336 e. The highest BCUT2D eigenvalue weighted by Gasteiger charge is 2.18. The van der Waals surface area contributed by atoms with Gasteiger partial charge in [-0.2, -0.15) is 0 Å². The van der Waals surface area contributed by atoms with E-state index in [0.717, 1.165) is 35.8 Å². The minimum atomic E-state index is -0.345. The van der Waals surface area contributed by atoms with E-state index in [1.807, 2.05) is 24.3 Å². The minimum Gasteiger partial charge on any atom is -0.454 e. The Morgan fingerprint density at radius 2 is 1.80 bits per heavy atom. The van der Waals surface area contributed by atoms with Crippen molar-refractivity contribution < 1.29 is 18.3 Å². The number of aromatic nitrogens is 2. The molecule has 0 radical (unpaired) electrons. The molecule has 0 fully saturated rings. The summed E-state index contributed by atoms with van der Waals surface area (Å²) in [5, 5.41) is 9.68. The predicted octanol–water partition coefficient (Wildman–Crippen LogP) is 4.35. The Balaban J connectivity index is 1.27. The first-order chi connectivity index (χ1) is 14.7. The molecule has 0 spiro atoms. The molecule has 2 aliphatic rings. The van der Waals surface area contributed by atoms with Gasteiger partial charge in [0.25, 0.3) is 5.22 Å². The van der Waals surface area contributed by atoms with Crippen molar-refractivity contribution in [3.8, 4) is 23.0 Å². The van der Waals surface area contributed by atoms with E-state index in [2.05, 4.69) is 16.3 Å². The Morgan fingerprint density at radius 1 is 0.933 bits per heavy atom. The van der Waals surface area contributed by atoms with Crippen LogP contribution in [0.1, 0.15) is 23.1 Å². The summed E-state index contributed by atoms with van der Waals surface area (Å²) in [5.74, 6) is 2.30. The monoisotopic (exact) mass is 420 g/mol. The van der Waals surface area contributed by atoms with Gasteiger partial charge >= 0.3 is 5.63 Å². The van der Waals surface area contributed by atoms with Crippen LogP contribution in [-0.2, 0) is 18.6 Å². The number of hydrogen-bond donors (Lipinski definition) is 0. The third-order valence-electron chi connectivity index (χ3n) is 5.42. The van der Waals surface area contributed by atoms with E-state index in [9.17, 15) is 4.79 Å². The van der Waals surface area contributed by atoms with E-state index in [4.69, 9.17) is 18.3 Å². The molecule has 1 aliphatic carbocycles. The van der Waals surface area contributed by atoms with Gasteiger partial charge in [0, 0.05) is 22.8 Å². The average molecular weight is 420 g/mol. The van der Waals surface area contributed by atoms with E-state index < -0.39 is 0 Å². The zero-order chi connectivity index (χ0) is 20.1. The van der Waals surface area contributed by atoms with E-state index in [0.29, 0.717) is 33.9 Å². The van der Waals surface area contributed by atoms with Crippen LogP contribution in [0.25, 0.3) is 22.4 Å². The molecule has 150 valence electrons. The maximum atomic E-state index is 12.0. The third kappa shape index (κ3) is 3.04. The second kappa shape index (κ2) is 6.91. The summed E-state index contributed by atoms with van der Waals surface area (Å²) in [6.45, 7) is 0.214. The molecule has 0 saturated carbocycles. The van der Waals surface area contributed by atoms with Gasteiger partial charge in [0.05, 0.1) is 0 Å². The highest BCUT2D eigenvalue weighted by atomic mass is 32.2. The molecule has 2 aromatic heterocycles. The molecule has 1 aliphatic heterocycles. The molecule has 0 unspecified atom stereocenters. The third-order valence-corrected chi connectivity index (χ3v) is 6.29. The highest BCUT2D eigenvalue weighted by molar-refractivity contribution is 7.98. The maximum absolute atomic E-state index is 12.0. The van der Waals surface area contributed by atoms with Crippen LogP contribution < -0.4 is 15.1 Å². The number of rotatable bonds is 4. The zero-order valence-corrected chi connectivity index (χ0v) is 16.7. The van der Waals surface area contributed by atoms with Gasteiger partial charge in [0.2, 0.25) is 12.7 Å². The number of thioether (sulfide) groups is 1. The Labute approximate surface area is 175 Å². The molecule has 6 rings (SSSR count). The summed E-state index contributed by atoms with van der Waals surface area (Å²) < 4.78 is 22.0. The van der Waals surface area contributed by atoms with Crippen LogP contribution in [0.3, 0.4) is 0 Å². The van der Waals surface area contributed by atoms with Crippen molar-refractivity contribution >= 4 is 22.7 Å². The lowest BCUT2D eigenvalue weighted by molar-refractivity contribution is 0.174. The number of benzene rings is 2. The predicted molar refractivity (Wildman–Crippen MR) is 110 cm³/mol. The van der Waals surface area contributed by atoms with Crippen molar-refractivity contribution in [1.82, 2.24) is 10.2 Å². The van der Waals surface area contributed by atoms with E-state index in [1.165, 1.54) is 22.9 Å². The summed E-state index contributed by atoms with van der Waals surface area (Å²) in [4.78, 5) is 12.0. The quantitative estimate of drug-likeness (QED) is 0.356. The lowest BCUT2D eigenvalue weighted by atomic mass is 10.0.